The number of hydrogen-bond acceptors (Lipinski definition) is 5. The van der Waals surface area contributed by atoms with Gasteiger partial charge in [0, 0.05) is 39.3 Å². The Balaban J connectivity index is 1.49. The molecule has 2 saturated heterocycles. The Morgan fingerprint density at radius 3 is 3.27 bits per heavy atom. The summed E-state index contributed by atoms with van der Waals surface area (Å²) in [5.41, 5.74) is 0.979. The molecule has 0 aliphatic carbocycles. The second kappa shape index (κ2) is 6.73. The van der Waals surface area contributed by atoms with Crippen LogP contribution in [0.25, 0.3) is 0 Å². The predicted molar refractivity (Wildman–Crippen MR) is 81.2 cm³/mol. The summed E-state index contributed by atoms with van der Waals surface area (Å²) in [7, 11) is 1.62. The number of nitrogens with one attached hydrogen (secondary N) is 1. The average Bonchev–Trinajstić information content (AvgIpc) is 3.13. The maximum Gasteiger partial charge on any atom is 0.245 e. The summed E-state index contributed by atoms with van der Waals surface area (Å²) in [6.45, 7) is 3.46. The second-order valence-electron chi connectivity index (χ2n) is 6.09. The van der Waals surface area contributed by atoms with Crippen LogP contribution < -0.4 is 5.32 Å². The van der Waals surface area contributed by atoms with Gasteiger partial charge in [-0.15, -0.1) is 0 Å². The first-order valence-electron chi connectivity index (χ1n) is 7.77. The van der Waals surface area contributed by atoms with E-state index in [1.165, 1.54) is 0 Å². The Labute approximate surface area is 130 Å². The largest absolute Gasteiger partial charge is 0.371 e. The van der Waals surface area contributed by atoms with Crippen molar-refractivity contribution in [2.24, 2.45) is 0 Å². The molecular weight excluding hydrogens is 282 g/mol. The highest BCUT2D eigenvalue weighted by atomic mass is 16.6. The van der Waals surface area contributed by atoms with Crippen LogP contribution in [-0.2, 0) is 20.8 Å². The number of aromatic nitrogens is 1. The summed E-state index contributed by atoms with van der Waals surface area (Å²) in [4.78, 5) is 18.0. The molecule has 0 radical (unpaired) electrons. The zero-order chi connectivity index (χ0) is 15.4. The van der Waals surface area contributed by atoms with Crippen LogP contribution in [0.1, 0.15) is 18.5 Å². The number of nitrogens with zero attached hydrogens (tertiary/aromatic N) is 2. The van der Waals surface area contributed by atoms with Crippen molar-refractivity contribution in [2.75, 3.05) is 33.4 Å². The highest BCUT2D eigenvalue weighted by molar-refractivity contribution is 5.76. The molecule has 1 spiro atoms. The van der Waals surface area contributed by atoms with Crippen LogP contribution in [0, 0.1) is 0 Å². The van der Waals surface area contributed by atoms with Crippen molar-refractivity contribution in [1.82, 2.24) is 15.2 Å². The van der Waals surface area contributed by atoms with Gasteiger partial charge >= 0.3 is 0 Å². The van der Waals surface area contributed by atoms with Crippen LogP contribution in [0.3, 0.4) is 0 Å². The average molecular weight is 305 g/mol. The zero-order valence-electron chi connectivity index (χ0n) is 13.0. The van der Waals surface area contributed by atoms with E-state index in [0.717, 1.165) is 38.2 Å². The fraction of sp³-hybridized carbons (Fsp3) is 0.625. The first-order valence-corrected chi connectivity index (χ1v) is 7.77. The van der Waals surface area contributed by atoms with E-state index in [1.54, 1.807) is 7.05 Å². The SMILES string of the molecule is CNC(=O)CO[C@@H]1CO[C@@]2(CCN(Cc3ccccn3)C2)C1. The smallest absolute Gasteiger partial charge is 0.245 e. The van der Waals surface area contributed by atoms with E-state index in [1.807, 2.05) is 18.3 Å². The molecule has 0 aromatic carbocycles. The maximum absolute atomic E-state index is 11.2. The minimum atomic E-state index is -0.109. The first-order chi connectivity index (χ1) is 10.7. The summed E-state index contributed by atoms with van der Waals surface area (Å²) in [5, 5.41) is 2.56. The van der Waals surface area contributed by atoms with E-state index < -0.39 is 0 Å². The molecular formula is C16H23N3O3. The first kappa shape index (κ1) is 15.4. The highest BCUT2D eigenvalue weighted by Gasteiger charge is 2.45. The number of likely N-dealkylation sites (tertiary alicyclic amines) is 1. The molecule has 3 heterocycles. The van der Waals surface area contributed by atoms with Gasteiger partial charge in [0.05, 0.1) is 24.0 Å². The monoisotopic (exact) mass is 305 g/mol. The number of carbonyl (C=O) groups excluding carboxylic acids is 1. The van der Waals surface area contributed by atoms with Gasteiger partial charge in [-0.05, 0) is 18.6 Å². The fourth-order valence-electron chi connectivity index (χ4n) is 3.24. The van der Waals surface area contributed by atoms with E-state index in [0.29, 0.717) is 6.61 Å². The third kappa shape index (κ3) is 3.63. The van der Waals surface area contributed by atoms with E-state index in [-0.39, 0.29) is 24.2 Å². The number of hydrogen-bond donors (Lipinski definition) is 1. The van der Waals surface area contributed by atoms with Gasteiger partial charge in [0.1, 0.15) is 6.61 Å². The van der Waals surface area contributed by atoms with E-state index >= 15 is 0 Å². The molecule has 1 N–H and O–H groups in total. The lowest BCUT2D eigenvalue weighted by atomic mass is 9.98. The quantitative estimate of drug-likeness (QED) is 0.862. The highest BCUT2D eigenvalue weighted by Crippen LogP contribution is 2.36. The molecule has 0 unspecified atom stereocenters. The Hall–Kier alpha value is -1.50. The van der Waals surface area contributed by atoms with Crippen LogP contribution in [-0.4, -0.2) is 60.8 Å². The maximum atomic E-state index is 11.2. The predicted octanol–water partition coefficient (Wildman–Crippen LogP) is 0.578. The molecule has 6 heteroatoms. The topological polar surface area (TPSA) is 63.7 Å². The van der Waals surface area contributed by atoms with E-state index in [4.69, 9.17) is 9.47 Å². The Kier molecular flexibility index (Phi) is 4.71. The van der Waals surface area contributed by atoms with Gasteiger partial charge in [-0.25, -0.2) is 0 Å². The lowest BCUT2D eigenvalue weighted by molar-refractivity contribution is -0.127. The Morgan fingerprint density at radius 1 is 1.59 bits per heavy atom. The number of likely N-dealkylation sites (N-methyl/N-ethyl adjacent to an activating group) is 1. The van der Waals surface area contributed by atoms with Gasteiger partial charge in [0.2, 0.25) is 5.91 Å². The molecule has 0 bridgehead atoms. The number of rotatable bonds is 5. The van der Waals surface area contributed by atoms with Gasteiger partial charge in [0.25, 0.3) is 0 Å². The van der Waals surface area contributed by atoms with Gasteiger partial charge in [-0.2, -0.15) is 0 Å². The van der Waals surface area contributed by atoms with E-state index in [2.05, 4.69) is 21.3 Å². The van der Waals surface area contributed by atoms with Crippen molar-refractivity contribution in [3.05, 3.63) is 30.1 Å². The number of carbonyl (C=O) groups is 1. The molecule has 1 aromatic rings. The standard InChI is InChI=1S/C16H23N3O3/c1-17-15(20)11-21-14-8-16(22-10-14)5-7-19(12-16)9-13-4-2-3-6-18-13/h2-4,6,14H,5,7-12H2,1H3,(H,17,20)/t14-,16-/m0/s1. The third-order valence-corrected chi connectivity index (χ3v) is 4.41. The number of pyridine rings is 1. The number of ether oxygens (including phenoxy) is 2. The normalized spacial score (nSPS) is 28.3. The van der Waals surface area contributed by atoms with Crippen LogP contribution in [0.15, 0.2) is 24.4 Å². The fourth-order valence-corrected chi connectivity index (χ4v) is 3.24. The van der Waals surface area contributed by atoms with Gasteiger partial charge in [-0.3, -0.25) is 14.7 Å². The van der Waals surface area contributed by atoms with Crippen molar-refractivity contribution in [3.8, 4) is 0 Å². The minimum Gasteiger partial charge on any atom is -0.371 e. The minimum absolute atomic E-state index is 0.0205. The Bertz CT molecular complexity index is 511. The van der Waals surface area contributed by atoms with Gasteiger partial charge in [0.15, 0.2) is 0 Å². The van der Waals surface area contributed by atoms with Crippen LogP contribution in [0.5, 0.6) is 0 Å². The third-order valence-electron chi connectivity index (χ3n) is 4.41. The van der Waals surface area contributed by atoms with Gasteiger partial charge in [-0.1, -0.05) is 6.07 Å². The molecule has 3 rings (SSSR count). The molecule has 1 aromatic heterocycles. The summed E-state index contributed by atoms with van der Waals surface area (Å²) < 4.78 is 11.7. The van der Waals surface area contributed by atoms with Crippen molar-refractivity contribution in [2.45, 2.75) is 31.1 Å². The molecule has 120 valence electrons. The lowest BCUT2D eigenvalue weighted by Gasteiger charge is -2.23. The Morgan fingerprint density at radius 2 is 2.50 bits per heavy atom. The molecule has 1 amide bonds. The summed E-state index contributed by atoms with van der Waals surface area (Å²) in [6, 6.07) is 6.00. The lowest BCUT2D eigenvalue weighted by Crippen LogP contribution is -2.33. The van der Waals surface area contributed by atoms with Crippen LogP contribution >= 0.6 is 0 Å². The molecule has 0 saturated carbocycles. The zero-order valence-corrected chi connectivity index (χ0v) is 13.0. The second-order valence-corrected chi connectivity index (χ2v) is 6.09. The molecule has 2 fully saturated rings. The summed E-state index contributed by atoms with van der Waals surface area (Å²) >= 11 is 0. The molecule has 2 aliphatic rings. The summed E-state index contributed by atoms with van der Waals surface area (Å²) in [6.07, 6.45) is 3.73. The van der Waals surface area contributed by atoms with Crippen molar-refractivity contribution in [3.63, 3.8) is 0 Å². The molecule has 2 atom stereocenters. The van der Waals surface area contributed by atoms with Crippen molar-refractivity contribution in [1.29, 1.82) is 0 Å². The van der Waals surface area contributed by atoms with Gasteiger partial charge < -0.3 is 14.8 Å². The summed E-state index contributed by atoms with van der Waals surface area (Å²) in [5.74, 6) is -0.0934. The molecule has 22 heavy (non-hydrogen) atoms. The van der Waals surface area contributed by atoms with Crippen LogP contribution in [0.4, 0.5) is 0 Å². The van der Waals surface area contributed by atoms with Crippen LogP contribution in [0.2, 0.25) is 0 Å². The molecule has 6 nitrogen and oxygen atoms in total. The van der Waals surface area contributed by atoms with Crippen molar-refractivity contribution < 1.29 is 14.3 Å². The molecule has 2 aliphatic heterocycles. The van der Waals surface area contributed by atoms with E-state index in [9.17, 15) is 4.79 Å². The van der Waals surface area contributed by atoms with Crippen molar-refractivity contribution >= 4 is 5.91 Å². The number of amides is 1.